The molecule has 0 spiro atoms. The molecular weight excluding hydrogens is 430 g/mol. The van der Waals surface area contributed by atoms with E-state index in [1.165, 1.54) is 0 Å². The van der Waals surface area contributed by atoms with Crippen LogP contribution in [0.4, 0.5) is 5.69 Å². The van der Waals surface area contributed by atoms with Crippen molar-refractivity contribution in [1.29, 1.82) is 0 Å². The highest BCUT2D eigenvalue weighted by Gasteiger charge is 2.14. The first-order chi connectivity index (χ1) is 16.1. The summed E-state index contributed by atoms with van der Waals surface area (Å²) in [5, 5.41) is 0.437. The standard InChI is InChI=1S/C29H22ClNO2/c1-21-12-14-22(15-13-21)20-33-29(32)26-18-25(30)16-17-28(26)31-19-27(23-8-4-2-5-9-23)24-10-6-3-7-11-24/h2-18H,20H2,1H3. The molecule has 0 fully saturated rings. The Labute approximate surface area is 198 Å². The Balaban J connectivity index is 1.68. The number of halogens is 1. The van der Waals surface area contributed by atoms with Crippen LogP contribution in [0.25, 0.3) is 5.57 Å². The number of aryl methyl sites for hydroxylation is 1. The minimum atomic E-state index is -0.486. The van der Waals surface area contributed by atoms with Crippen molar-refractivity contribution in [2.75, 3.05) is 0 Å². The molecule has 0 aliphatic rings. The largest absolute Gasteiger partial charge is 0.457 e. The molecule has 0 unspecified atom stereocenters. The van der Waals surface area contributed by atoms with Crippen LogP contribution in [-0.2, 0) is 11.3 Å². The number of carbonyl (C=O) groups excluding carboxylic acids is 1. The van der Waals surface area contributed by atoms with Gasteiger partial charge in [-0.05, 0) is 47.7 Å². The van der Waals surface area contributed by atoms with Crippen molar-refractivity contribution in [3.8, 4) is 0 Å². The lowest BCUT2D eigenvalue weighted by molar-refractivity contribution is 0.0474. The Kier molecular flexibility index (Phi) is 7.16. The quantitative estimate of drug-likeness (QED) is 0.225. The van der Waals surface area contributed by atoms with E-state index in [4.69, 9.17) is 16.3 Å². The maximum absolute atomic E-state index is 12.9. The normalized spacial score (nSPS) is 10.2. The summed E-state index contributed by atoms with van der Waals surface area (Å²) in [5.74, 6) is 2.67. The Hall–Kier alpha value is -3.91. The molecule has 4 aromatic rings. The van der Waals surface area contributed by atoms with Gasteiger partial charge in [0.2, 0.25) is 0 Å². The fourth-order valence-corrected chi connectivity index (χ4v) is 3.47. The van der Waals surface area contributed by atoms with Gasteiger partial charge in [-0.1, -0.05) is 102 Å². The van der Waals surface area contributed by atoms with Gasteiger partial charge in [0.25, 0.3) is 0 Å². The van der Waals surface area contributed by atoms with Gasteiger partial charge < -0.3 is 4.74 Å². The minimum Gasteiger partial charge on any atom is -0.457 e. The van der Waals surface area contributed by atoms with Gasteiger partial charge in [0.15, 0.2) is 0 Å². The van der Waals surface area contributed by atoms with Crippen LogP contribution in [0.1, 0.15) is 32.6 Å². The average molecular weight is 452 g/mol. The van der Waals surface area contributed by atoms with Gasteiger partial charge in [0.05, 0.1) is 16.8 Å². The molecule has 162 valence electrons. The van der Waals surface area contributed by atoms with Gasteiger partial charge in [-0.15, -0.1) is 0 Å². The lowest BCUT2D eigenvalue weighted by Gasteiger charge is -2.08. The van der Waals surface area contributed by atoms with Crippen LogP contribution in [0.2, 0.25) is 5.02 Å². The zero-order chi connectivity index (χ0) is 23.0. The van der Waals surface area contributed by atoms with E-state index in [2.05, 4.69) is 10.9 Å². The van der Waals surface area contributed by atoms with Crippen LogP contribution >= 0.6 is 11.6 Å². The Morgan fingerprint density at radius 1 is 0.848 bits per heavy atom. The average Bonchev–Trinajstić information content (AvgIpc) is 2.85. The first-order valence-electron chi connectivity index (χ1n) is 10.6. The van der Waals surface area contributed by atoms with Gasteiger partial charge >= 0.3 is 5.97 Å². The molecular formula is C29H22ClNO2. The first kappa shape index (κ1) is 22.3. The third-order valence-corrected chi connectivity index (χ3v) is 5.32. The summed E-state index contributed by atoms with van der Waals surface area (Å²) in [4.78, 5) is 17.4. The number of benzene rings is 4. The number of hydrogen-bond donors (Lipinski definition) is 0. The second-order valence-corrected chi connectivity index (χ2v) is 7.99. The topological polar surface area (TPSA) is 38.7 Å². The summed E-state index contributed by atoms with van der Waals surface area (Å²) in [6.45, 7) is 2.18. The molecule has 3 nitrogen and oxygen atoms in total. The molecule has 0 bridgehead atoms. The summed E-state index contributed by atoms with van der Waals surface area (Å²) in [7, 11) is 0. The predicted molar refractivity (Wildman–Crippen MR) is 134 cm³/mol. The van der Waals surface area contributed by atoms with E-state index in [0.717, 1.165) is 27.8 Å². The SMILES string of the molecule is Cc1ccc(COC(=O)c2cc(Cl)ccc2N=C=C(c2ccccc2)c2ccccc2)cc1. The van der Waals surface area contributed by atoms with E-state index in [0.29, 0.717) is 16.3 Å². The minimum absolute atomic E-state index is 0.171. The summed E-state index contributed by atoms with van der Waals surface area (Å²) in [5.41, 5.74) is 5.58. The second-order valence-electron chi connectivity index (χ2n) is 7.55. The molecule has 0 aromatic heterocycles. The van der Waals surface area contributed by atoms with Gasteiger partial charge in [0.1, 0.15) is 6.61 Å². The molecule has 0 amide bonds. The highest BCUT2D eigenvalue weighted by molar-refractivity contribution is 6.31. The molecule has 0 aliphatic carbocycles. The molecule has 33 heavy (non-hydrogen) atoms. The summed E-state index contributed by atoms with van der Waals surface area (Å²) >= 11 is 6.17. The zero-order valence-corrected chi connectivity index (χ0v) is 18.9. The number of nitrogens with zero attached hydrogens (tertiary/aromatic N) is 1. The Morgan fingerprint density at radius 2 is 1.45 bits per heavy atom. The van der Waals surface area contributed by atoms with Crippen molar-refractivity contribution in [2.24, 2.45) is 4.99 Å². The van der Waals surface area contributed by atoms with Crippen molar-refractivity contribution < 1.29 is 9.53 Å². The monoisotopic (exact) mass is 451 g/mol. The van der Waals surface area contributed by atoms with Gasteiger partial charge in [-0.25, -0.2) is 9.79 Å². The number of rotatable bonds is 6. The number of esters is 1. The fraction of sp³-hybridized carbons (Fsp3) is 0.0690. The maximum Gasteiger partial charge on any atom is 0.340 e. The highest BCUT2D eigenvalue weighted by Crippen LogP contribution is 2.26. The van der Waals surface area contributed by atoms with E-state index in [1.54, 1.807) is 18.2 Å². The van der Waals surface area contributed by atoms with Crippen LogP contribution in [0.3, 0.4) is 0 Å². The number of aliphatic imine (C=N–C) groups is 1. The van der Waals surface area contributed by atoms with Gasteiger partial charge in [0, 0.05) is 5.02 Å². The van der Waals surface area contributed by atoms with Crippen molar-refractivity contribution in [1.82, 2.24) is 0 Å². The number of ether oxygens (including phenoxy) is 1. The lowest BCUT2D eigenvalue weighted by Crippen LogP contribution is -2.05. The Bertz CT molecular complexity index is 1270. The molecule has 0 saturated heterocycles. The van der Waals surface area contributed by atoms with E-state index < -0.39 is 5.97 Å². The first-order valence-corrected chi connectivity index (χ1v) is 10.9. The molecule has 0 heterocycles. The summed E-state index contributed by atoms with van der Waals surface area (Å²) < 4.78 is 5.53. The van der Waals surface area contributed by atoms with Crippen LogP contribution in [0.5, 0.6) is 0 Å². The summed E-state index contributed by atoms with van der Waals surface area (Å²) in [6, 6.07) is 32.6. The van der Waals surface area contributed by atoms with E-state index >= 15 is 0 Å². The predicted octanol–water partition coefficient (Wildman–Crippen LogP) is 7.44. The second kappa shape index (κ2) is 10.6. The van der Waals surface area contributed by atoms with Crippen LogP contribution < -0.4 is 0 Å². The third-order valence-electron chi connectivity index (χ3n) is 5.08. The summed E-state index contributed by atoms with van der Waals surface area (Å²) in [6.07, 6.45) is 0. The molecule has 4 aromatic carbocycles. The van der Waals surface area contributed by atoms with Gasteiger partial charge in [-0.2, -0.15) is 0 Å². The molecule has 0 radical (unpaired) electrons. The maximum atomic E-state index is 12.9. The van der Waals surface area contributed by atoms with Crippen molar-refractivity contribution >= 4 is 34.7 Å². The molecule has 0 atom stereocenters. The smallest absolute Gasteiger partial charge is 0.340 e. The fourth-order valence-electron chi connectivity index (χ4n) is 3.30. The highest BCUT2D eigenvalue weighted by atomic mass is 35.5. The van der Waals surface area contributed by atoms with Crippen LogP contribution in [0.15, 0.2) is 108 Å². The van der Waals surface area contributed by atoms with E-state index in [-0.39, 0.29) is 6.61 Å². The Morgan fingerprint density at radius 3 is 2.06 bits per heavy atom. The van der Waals surface area contributed by atoms with Crippen LogP contribution in [0, 0.1) is 6.92 Å². The third kappa shape index (κ3) is 5.87. The molecule has 0 saturated carbocycles. The molecule has 0 N–H and O–H groups in total. The molecule has 4 rings (SSSR count). The van der Waals surface area contributed by atoms with Crippen molar-refractivity contribution in [3.63, 3.8) is 0 Å². The van der Waals surface area contributed by atoms with Crippen LogP contribution in [-0.4, -0.2) is 11.8 Å². The number of carbonyl (C=O) groups is 1. The number of hydrogen-bond acceptors (Lipinski definition) is 3. The molecule has 4 heteroatoms. The van der Waals surface area contributed by atoms with Crippen molar-refractivity contribution in [2.45, 2.75) is 13.5 Å². The van der Waals surface area contributed by atoms with Crippen molar-refractivity contribution in [3.05, 3.63) is 136 Å². The van der Waals surface area contributed by atoms with E-state index in [1.807, 2.05) is 91.9 Å². The molecule has 0 aliphatic heterocycles. The van der Waals surface area contributed by atoms with Gasteiger partial charge in [-0.3, -0.25) is 0 Å². The lowest BCUT2D eigenvalue weighted by atomic mass is 9.99. The zero-order valence-electron chi connectivity index (χ0n) is 18.2. The van der Waals surface area contributed by atoms with E-state index in [9.17, 15) is 4.79 Å².